The molecule has 0 aliphatic heterocycles. The molecule has 0 saturated carbocycles. The van der Waals surface area contributed by atoms with Gasteiger partial charge in [-0.3, -0.25) is 0 Å². The zero-order chi connectivity index (χ0) is 22.1. The van der Waals surface area contributed by atoms with Crippen molar-refractivity contribution in [1.29, 1.82) is 0 Å². The first-order valence-corrected chi connectivity index (χ1v) is 10.2. The van der Waals surface area contributed by atoms with E-state index >= 15 is 0 Å². The Kier molecular flexibility index (Phi) is 10.5. The van der Waals surface area contributed by atoms with Crippen LogP contribution in [0.5, 0.6) is 5.75 Å². The van der Waals surface area contributed by atoms with Crippen LogP contribution in [0.15, 0.2) is 72.1 Å². The zero-order valence-corrected chi connectivity index (χ0v) is 20.7. The van der Waals surface area contributed by atoms with E-state index in [1.54, 1.807) is 35.1 Å². The zero-order valence-electron chi connectivity index (χ0n) is 18.7. The van der Waals surface area contributed by atoms with Gasteiger partial charge in [0, 0.05) is 24.8 Å². The fraction of sp³-hybridized carbons (Fsp3) is 0.292. The molecule has 3 aromatic rings. The molecule has 0 N–H and O–H groups in total. The van der Waals surface area contributed by atoms with E-state index in [4.69, 9.17) is 9.57 Å². The molecule has 2 aromatic carbocycles. The topological polar surface area (TPSA) is 88.8 Å². The van der Waals surface area contributed by atoms with Crippen LogP contribution in [0, 0.1) is 5.92 Å². The van der Waals surface area contributed by atoms with E-state index in [0.717, 1.165) is 23.4 Å². The van der Waals surface area contributed by atoms with E-state index in [2.05, 4.69) is 24.1 Å². The Bertz CT molecular complexity index is 1000. The van der Waals surface area contributed by atoms with Gasteiger partial charge in [0.2, 0.25) is 0 Å². The van der Waals surface area contributed by atoms with Gasteiger partial charge in [0.05, 0.1) is 11.4 Å². The Morgan fingerprint density at radius 3 is 2.56 bits per heavy atom. The number of nitrogens with zero attached hydrogens (tertiary/aromatic N) is 3. The molecule has 1 heterocycles. The van der Waals surface area contributed by atoms with Gasteiger partial charge in [0.25, 0.3) is 0 Å². The maximum absolute atomic E-state index is 10.7. The fourth-order valence-electron chi connectivity index (χ4n) is 3.05. The number of carbonyl (C=O) groups excluding carboxylic acids is 1. The number of hydrogen-bond acceptors (Lipinski definition) is 6. The molecule has 0 saturated heterocycles. The number of hydrogen-bond donors (Lipinski definition) is 0. The third-order valence-electron chi connectivity index (χ3n) is 4.44. The van der Waals surface area contributed by atoms with E-state index < -0.39 is 5.97 Å². The predicted molar refractivity (Wildman–Crippen MR) is 116 cm³/mol. The maximum Gasteiger partial charge on any atom is 1.00 e. The van der Waals surface area contributed by atoms with Gasteiger partial charge >= 0.3 is 29.6 Å². The number of carboxylic acid groups (broad SMARTS) is 1. The standard InChI is InChI=1S/C24H27N3O4.Na/c1-18(2)15-23(20-7-9-21(10-8-20)27-12-4-11-25-27)26-31-14-13-30-22-6-3-5-19(16-22)17-24(28)29;/h3-12,16,18H,13-15,17H2,1-2H3,(H,28,29);/q;+1/p-1. The molecule has 0 bridgehead atoms. The van der Waals surface area contributed by atoms with Crippen LogP contribution in [0.25, 0.3) is 5.69 Å². The minimum absolute atomic E-state index is 0. The Morgan fingerprint density at radius 2 is 1.91 bits per heavy atom. The second-order valence-electron chi connectivity index (χ2n) is 7.51. The molecular weight excluding hydrogens is 417 g/mol. The van der Waals surface area contributed by atoms with Gasteiger partial charge in [-0.25, -0.2) is 4.68 Å². The summed E-state index contributed by atoms with van der Waals surface area (Å²) in [6.07, 6.45) is 4.29. The summed E-state index contributed by atoms with van der Waals surface area (Å²) in [4.78, 5) is 16.2. The molecule has 162 valence electrons. The van der Waals surface area contributed by atoms with Crippen LogP contribution in [-0.4, -0.2) is 34.7 Å². The van der Waals surface area contributed by atoms with Crippen LogP contribution in [0.1, 0.15) is 31.4 Å². The van der Waals surface area contributed by atoms with Gasteiger partial charge in [-0.1, -0.05) is 43.3 Å². The average Bonchev–Trinajstić information content (AvgIpc) is 3.27. The Hall–Kier alpha value is -2.61. The number of benzene rings is 2. The van der Waals surface area contributed by atoms with Crippen molar-refractivity contribution >= 4 is 11.7 Å². The molecule has 0 amide bonds. The van der Waals surface area contributed by atoms with Crippen molar-refractivity contribution in [2.24, 2.45) is 11.1 Å². The number of oxime groups is 1. The van der Waals surface area contributed by atoms with Crippen LogP contribution in [0.3, 0.4) is 0 Å². The summed E-state index contributed by atoms with van der Waals surface area (Å²) >= 11 is 0. The first-order chi connectivity index (χ1) is 15.0. The molecule has 0 unspecified atom stereocenters. The quantitative estimate of drug-likeness (QED) is 0.180. The fourth-order valence-corrected chi connectivity index (χ4v) is 3.05. The molecular formula is C24H26N3NaO4. The molecule has 32 heavy (non-hydrogen) atoms. The second kappa shape index (κ2) is 13.1. The smallest absolute Gasteiger partial charge is 0.550 e. The molecule has 0 spiro atoms. The Labute approximate surface area is 210 Å². The van der Waals surface area contributed by atoms with Crippen molar-refractivity contribution in [3.8, 4) is 11.4 Å². The average molecular weight is 443 g/mol. The van der Waals surface area contributed by atoms with Gasteiger partial charge in [-0.15, -0.1) is 0 Å². The summed E-state index contributed by atoms with van der Waals surface area (Å²) in [6, 6.07) is 16.8. The van der Waals surface area contributed by atoms with E-state index in [1.165, 1.54) is 0 Å². The van der Waals surface area contributed by atoms with Crippen molar-refractivity contribution in [3.63, 3.8) is 0 Å². The van der Waals surface area contributed by atoms with Gasteiger partial charge in [-0.2, -0.15) is 5.10 Å². The summed E-state index contributed by atoms with van der Waals surface area (Å²) in [5.74, 6) is -0.107. The molecule has 3 rings (SSSR count). The van der Waals surface area contributed by atoms with Crippen molar-refractivity contribution in [2.75, 3.05) is 13.2 Å². The maximum atomic E-state index is 10.7. The molecule has 8 heteroatoms. The van der Waals surface area contributed by atoms with Crippen molar-refractivity contribution in [1.82, 2.24) is 9.78 Å². The number of ether oxygens (including phenoxy) is 1. The summed E-state index contributed by atoms with van der Waals surface area (Å²) in [7, 11) is 0. The molecule has 7 nitrogen and oxygen atoms in total. The molecule has 0 fully saturated rings. The minimum Gasteiger partial charge on any atom is -0.550 e. The SMILES string of the molecule is CC(C)CC(=NOCCOc1cccc(CC(=O)[O-])c1)c1ccc(-n2cccn2)cc1.[Na+]. The van der Waals surface area contributed by atoms with Crippen LogP contribution in [-0.2, 0) is 16.1 Å². The number of aromatic nitrogens is 2. The van der Waals surface area contributed by atoms with Gasteiger partial charge in [0.1, 0.15) is 12.4 Å². The monoisotopic (exact) mass is 443 g/mol. The molecule has 0 atom stereocenters. The van der Waals surface area contributed by atoms with Crippen molar-refractivity contribution in [3.05, 3.63) is 78.1 Å². The second-order valence-corrected chi connectivity index (χ2v) is 7.51. The first kappa shape index (κ1) is 25.6. The molecule has 1 aromatic heterocycles. The predicted octanol–water partition coefficient (Wildman–Crippen LogP) is 0.0145. The summed E-state index contributed by atoms with van der Waals surface area (Å²) in [6.45, 7) is 4.84. The number of aliphatic carboxylic acids is 1. The molecule has 0 aliphatic rings. The third kappa shape index (κ3) is 8.15. The molecule has 0 radical (unpaired) electrons. The van der Waals surface area contributed by atoms with Crippen LogP contribution >= 0.6 is 0 Å². The largest absolute Gasteiger partial charge is 1.00 e. The van der Waals surface area contributed by atoms with Crippen molar-refractivity contribution < 1.29 is 49.0 Å². The molecule has 0 aliphatic carbocycles. The third-order valence-corrected chi connectivity index (χ3v) is 4.44. The van der Waals surface area contributed by atoms with E-state index in [0.29, 0.717) is 23.8 Å². The minimum atomic E-state index is -1.12. The van der Waals surface area contributed by atoms with E-state index in [-0.39, 0.29) is 42.6 Å². The number of carbonyl (C=O) groups is 1. The number of rotatable bonds is 11. The van der Waals surface area contributed by atoms with E-state index in [9.17, 15) is 9.90 Å². The summed E-state index contributed by atoms with van der Waals surface area (Å²) < 4.78 is 7.44. The summed E-state index contributed by atoms with van der Waals surface area (Å²) in [5, 5.41) is 19.3. The normalized spacial score (nSPS) is 11.2. The number of carboxylic acids is 1. The van der Waals surface area contributed by atoms with Crippen LogP contribution in [0.4, 0.5) is 0 Å². The van der Waals surface area contributed by atoms with Crippen molar-refractivity contribution in [2.45, 2.75) is 26.7 Å². The van der Waals surface area contributed by atoms with Crippen LogP contribution < -0.4 is 39.4 Å². The van der Waals surface area contributed by atoms with Gasteiger partial charge < -0.3 is 19.5 Å². The van der Waals surface area contributed by atoms with Gasteiger partial charge in [-0.05, 0) is 53.8 Å². The Balaban J connectivity index is 0.00000363. The van der Waals surface area contributed by atoms with E-state index in [1.807, 2.05) is 36.5 Å². The first-order valence-electron chi connectivity index (χ1n) is 10.2. The summed E-state index contributed by atoms with van der Waals surface area (Å²) in [5.41, 5.74) is 3.49. The van der Waals surface area contributed by atoms with Gasteiger partial charge in [0.15, 0.2) is 6.61 Å². The van der Waals surface area contributed by atoms with Crippen LogP contribution in [0.2, 0.25) is 0 Å². The Morgan fingerprint density at radius 1 is 1.12 bits per heavy atom.